The number of aliphatic hydroxyl groups is 2. The fraction of sp³-hybridized carbons (Fsp3) is 0.869. The molecule has 0 aliphatic carbocycles. The molecule has 0 saturated carbocycles. The number of unbranched alkanes of at least 4 members (excludes halogenated alkanes) is 38. The molecule has 0 aromatic carbocycles. The molecule has 0 heterocycles. The average Bonchev–Trinajstić information content (AvgIpc) is 3.33. The third-order valence-corrected chi connectivity index (χ3v) is 13.7. The van der Waals surface area contributed by atoms with Crippen molar-refractivity contribution < 1.29 is 24.5 Å². The van der Waals surface area contributed by atoms with Gasteiger partial charge in [-0.15, -0.1) is 0 Å². The van der Waals surface area contributed by atoms with Crippen molar-refractivity contribution in [1.82, 2.24) is 5.32 Å². The highest BCUT2D eigenvalue weighted by Crippen LogP contribution is 2.16. The summed E-state index contributed by atoms with van der Waals surface area (Å²) in [5.41, 5.74) is 0. The van der Waals surface area contributed by atoms with Crippen LogP contribution in [-0.4, -0.2) is 47.4 Å². The van der Waals surface area contributed by atoms with Crippen molar-refractivity contribution in [3.05, 3.63) is 36.5 Å². The van der Waals surface area contributed by atoms with E-state index in [1.54, 1.807) is 0 Å². The Balaban J connectivity index is 3.41. The summed E-state index contributed by atoms with van der Waals surface area (Å²) in [6, 6.07) is -0.544. The van der Waals surface area contributed by atoms with Gasteiger partial charge in [0.15, 0.2) is 0 Å². The number of aliphatic hydroxyl groups excluding tert-OH is 2. The van der Waals surface area contributed by atoms with E-state index < -0.39 is 12.1 Å². The van der Waals surface area contributed by atoms with Crippen LogP contribution in [-0.2, 0) is 14.3 Å². The fourth-order valence-corrected chi connectivity index (χ4v) is 9.08. The molecule has 1 amide bonds. The molecule has 0 aliphatic heterocycles. The Morgan fingerprint density at radius 3 is 1.15 bits per heavy atom. The Morgan fingerprint density at radius 2 is 0.746 bits per heavy atom. The normalized spacial score (nSPS) is 12.8. The van der Waals surface area contributed by atoms with Crippen LogP contribution in [0.4, 0.5) is 0 Å². The van der Waals surface area contributed by atoms with Crippen LogP contribution in [0.5, 0.6) is 0 Å². The molecular weight excluding hydrogens is 827 g/mol. The van der Waals surface area contributed by atoms with Crippen molar-refractivity contribution in [3.8, 4) is 0 Å². The zero-order valence-electron chi connectivity index (χ0n) is 44.9. The minimum atomic E-state index is -0.666. The predicted octanol–water partition coefficient (Wildman–Crippen LogP) is 18.4. The van der Waals surface area contributed by atoms with Crippen molar-refractivity contribution in [1.29, 1.82) is 0 Å². The topological polar surface area (TPSA) is 95.9 Å². The number of hydrogen-bond donors (Lipinski definition) is 3. The predicted molar refractivity (Wildman–Crippen MR) is 292 cm³/mol. The number of amides is 1. The molecule has 0 aromatic rings. The van der Waals surface area contributed by atoms with Gasteiger partial charge in [0.05, 0.1) is 25.4 Å². The second kappa shape index (κ2) is 56.7. The fourth-order valence-electron chi connectivity index (χ4n) is 9.08. The van der Waals surface area contributed by atoms with E-state index in [0.29, 0.717) is 25.9 Å². The maximum absolute atomic E-state index is 12.4. The average molecular weight is 943 g/mol. The molecule has 394 valence electrons. The number of nitrogens with one attached hydrogen (secondary N) is 1. The van der Waals surface area contributed by atoms with Crippen LogP contribution in [0.15, 0.2) is 36.5 Å². The van der Waals surface area contributed by atoms with Crippen molar-refractivity contribution in [2.24, 2.45) is 0 Å². The van der Waals surface area contributed by atoms with Crippen molar-refractivity contribution in [2.75, 3.05) is 13.2 Å². The standard InChI is InChI=1S/C61H115NO5/c1-3-5-7-9-11-13-15-16-28-32-35-39-43-47-51-55-61(66)67-56-52-48-44-40-36-33-30-27-25-23-21-19-17-18-20-22-24-26-29-31-34-38-42-46-50-54-60(65)62-58(57-63)59(64)53-49-45-41-37-14-12-10-8-6-4-2/h16,18-21,28,58-59,63-64H,3-15,17,22-27,29-57H2,1-2H3,(H,62,65)/b20-18-,21-19-,28-16-. The van der Waals surface area contributed by atoms with Crippen molar-refractivity contribution >= 4 is 11.9 Å². The molecule has 0 fully saturated rings. The molecule has 6 nitrogen and oxygen atoms in total. The van der Waals surface area contributed by atoms with E-state index in [1.807, 2.05) is 0 Å². The van der Waals surface area contributed by atoms with Crippen LogP contribution >= 0.6 is 0 Å². The van der Waals surface area contributed by atoms with Gasteiger partial charge in [-0.3, -0.25) is 9.59 Å². The molecule has 6 heteroatoms. The lowest BCUT2D eigenvalue weighted by molar-refractivity contribution is -0.143. The van der Waals surface area contributed by atoms with Crippen LogP contribution in [0.1, 0.15) is 316 Å². The number of hydrogen-bond acceptors (Lipinski definition) is 5. The Kier molecular flexibility index (Phi) is 55.0. The molecular formula is C61H115NO5. The molecule has 0 aromatic heterocycles. The summed E-state index contributed by atoms with van der Waals surface area (Å²) in [5.74, 6) is -0.0419. The third-order valence-electron chi connectivity index (χ3n) is 13.7. The first-order valence-electron chi connectivity index (χ1n) is 29.7. The Hall–Kier alpha value is -1.92. The summed E-state index contributed by atoms with van der Waals surface area (Å²) in [6.45, 7) is 4.93. The van der Waals surface area contributed by atoms with Gasteiger partial charge in [0.25, 0.3) is 0 Å². The first kappa shape index (κ1) is 65.1. The van der Waals surface area contributed by atoms with Crippen LogP contribution in [0.25, 0.3) is 0 Å². The maximum Gasteiger partial charge on any atom is 0.305 e. The van der Waals surface area contributed by atoms with Crippen molar-refractivity contribution in [2.45, 2.75) is 328 Å². The lowest BCUT2D eigenvalue weighted by Gasteiger charge is -2.22. The molecule has 3 N–H and O–H groups in total. The van der Waals surface area contributed by atoms with Gasteiger partial charge >= 0.3 is 5.97 Å². The van der Waals surface area contributed by atoms with E-state index in [1.165, 1.54) is 231 Å². The highest BCUT2D eigenvalue weighted by molar-refractivity contribution is 5.76. The SMILES string of the molecule is CCCCCCCC/C=C\CCCCCCCC(=O)OCCCCCCCCCCC/C=C\C/C=C\CCCCCCCCCCCC(=O)NC(CO)C(O)CCCCCCCCCCCC. The minimum Gasteiger partial charge on any atom is -0.466 e. The molecule has 2 unspecified atom stereocenters. The first-order chi connectivity index (χ1) is 33.0. The summed E-state index contributed by atoms with van der Waals surface area (Å²) < 4.78 is 5.47. The smallest absolute Gasteiger partial charge is 0.305 e. The van der Waals surface area contributed by atoms with Crippen LogP contribution in [0.2, 0.25) is 0 Å². The lowest BCUT2D eigenvalue weighted by Crippen LogP contribution is -2.45. The largest absolute Gasteiger partial charge is 0.466 e. The number of rotatable bonds is 55. The van der Waals surface area contributed by atoms with Gasteiger partial charge in [-0.1, -0.05) is 256 Å². The van der Waals surface area contributed by atoms with Gasteiger partial charge in [-0.2, -0.15) is 0 Å². The van der Waals surface area contributed by atoms with Gasteiger partial charge in [-0.05, 0) is 83.5 Å². The van der Waals surface area contributed by atoms with Gasteiger partial charge in [0.2, 0.25) is 5.91 Å². The van der Waals surface area contributed by atoms with Crippen LogP contribution < -0.4 is 5.32 Å². The van der Waals surface area contributed by atoms with E-state index in [9.17, 15) is 19.8 Å². The molecule has 0 spiro atoms. The van der Waals surface area contributed by atoms with E-state index >= 15 is 0 Å². The Labute approximate surface area is 417 Å². The number of carbonyl (C=O) groups is 2. The summed E-state index contributed by atoms with van der Waals surface area (Å²) in [7, 11) is 0. The molecule has 67 heavy (non-hydrogen) atoms. The number of carbonyl (C=O) groups excluding carboxylic acids is 2. The van der Waals surface area contributed by atoms with E-state index in [4.69, 9.17) is 4.74 Å². The summed E-state index contributed by atoms with van der Waals surface area (Å²) >= 11 is 0. The molecule has 0 aliphatic rings. The van der Waals surface area contributed by atoms with Crippen molar-refractivity contribution in [3.63, 3.8) is 0 Å². The maximum atomic E-state index is 12.4. The highest BCUT2D eigenvalue weighted by Gasteiger charge is 2.20. The zero-order valence-corrected chi connectivity index (χ0v) is 44.9. The molecule has 2 atom stereocenters. The molecule has 0 bridgehead atoms. The second-order valence-corrected chi connectivity index (χ2v) is 20.3. The third kappa shape index (κ3) is 53.3. The van der Waals surface area contributed by atoms with Gasteiger partial charge < -0.3 is 20.3 Å². The monoisotopic (exact) mass is 942 g/mol. The lowest BCUT2D eigenvalue weighted by atomic mass is 10.0. The summed E-state index contributed by atoms with van der Waals surface area (Å²) in [5, 5.41) is 23.1. The number of allylic oxidation sites excluding steroid dienone is 6. The second-order valence-electron chi connectivity index (χ2n) is 20.3. The van der Waals surface area contributed by atoms with Gasteiger partial charge in [0, 0.05) is 12.8 Å². The van der Waals surface area contributed by atoms with E-state index in [0.717, 1.165) is 51.4 Å². The summed E-state index contributed by atoms with van der Waals surface area (Å²) in [4.78, 5) is 24.5. The number of ether oxygens (including phenoxy) is 1. The Bertz CT molecular complexity index is 1090. The van der Waals surface area contributed by atoms with E-state index in [2.05, 4.69) is 55.6 Å². The van der Waals surface area contributed by atoms with Gasteiger partial charge in [0.1, 0.15) is 0 Å². The molecule has 0 radical (unpaired) electrons. The van der Waals surface area contributed by atoms with Gasteiger partial charge in [-0.25, -0.2) is 0 Å². The quantitative estimate of drug-likeness (QED) is 0.0321. The number of esters is 1. The molecule has 0 rings (SSSR count). The molecule has 0 saturated heterocycles. The Morgan fingerprint density at radius 1 is 0.418 bits per heavy atom. The summed E-state index contributed by atoms with van der Waals surface area (Å²) in [6.07, 6.45) is 70.1. The zero-order chi connectivity index (χ0) is 48.6. The van der Waals surface area contributed by atoms with Crippen LogP contribution in [0, 0.1) is 0 Å². The first-order valence-corrected chi connectivity index (χ1v) is 29.7. The highest BCUT2D eigenvalue weighted by atomic mass is 16.5. The van der Waals surface area contributed by atoms with E-state index in [-0.39, 0.29) is 18.5 Å². The minimum absolute atomic E-state index is 0.000828. The van der Waals surface area contributed by atoms with Crippen LogP contribution in [0.3, 0.4) is 0 Å².